The van der Waals surface area contributed by atoms with Gasteiger partial charge in [0.05, 0.1) is 5.56 Å². The Bertz CT molecular complexity index is 1060. The second-order valence-corrected chi connectivity index (χ2v) is 5.22. The fourth-order valence-corrected chi connectivity index (χ4v) is 2.31. The van der Waals surface area contributed by atoms with E-state index < -0.39 is 18.1 Å². The van der Waals surface area contributed by atoms with Gasteiger partial charge in [-0.15, -0.1) is 10.2 Å². The molecule has 0 atom stereocenters. The minimum absolute atomic E-state index is 0.0379. The Morgan fingerprint density at radius 3 is 2.85 bits per heavy atom. The van der Waals surface area contributed by atoms with Crippen molar-refractivity contribution in [2.45, 2.75) is 13.0 Å². The lowest BCUT2D eigenvalue weighted by atomic mass is 10.2. The van der Waals surface area contributed by atoms with Crippen molar-refractivity contribution in [3.8, 4) is 17.2 Å². The lowest BCUT2D eigenvalue weighted by Gasteiger charge is -2.08. The Morgan fingerprint density at radius 2 is 2.08 bits per heavy atom. The minimum Gasteiger partial charge on any atom is -0.483 e. The quantitative estimate of drug-likeness (QED) is 0.542. The summed E-state index contributed by atoms with van der Waals surface area (Å²) in [6, 6.07) is 4.55. The van der Waals surface area contributed by atoms with Crippen LogP contribution in [0, 0.1) is 5.82 Å². The van der Waals surface area contributed by atoms with Gasteiger partial charge >= 0.3 is 6.43 Å². The SMILES string of the molecule is Fc1cc(-c2nnc(C(F)F)o2)cnc1COc1cccn2ccnc12. The third kappa shape index (κ3) is 2.96. The van der Waals surface area contributed by atoms with Gasteiger partial charge in [0, 0.05) is 24.8 Å². The molecular weight excluding hydrogens is 351 g/mol. The van der Waals surface area contributed by atoms with Crippen molar-refractivity contribution in [3.05, 3.63) is 60.4 Å². The predicted octanol–water partition coefficient (Wildman–Crippen LogP) is 3.44. The molecule has 0 unspecified atom stereocenters. The van der Waals surface area contributed by atoms with Gasteiger partial charge in [0.1, 0.15) is 18.1 Å². The molecule has 0 N–H and O–H groups in total. The third-order valence-electron chi connectivity index (χ3n) is 3.54. The van der Waals surface area contributed by atoms with Gasteiger partial charge in [-0.3, -0.25) is 4.98 Å². The van der Waals surface area contributed by atoms with Gasteiger partial charge < -0.3 is 13.6 Å². The summed E-state index contributed by atoms with van der Waals surface area (Å²) < 4.78 is 51.3. The van der Waals surface area contributed by atoms with Crippen LogP contribution in [0.4, 0.5) is 13.2 Å². The molecular formula is C16H10F3N5O2. The van der Waals surface area contributed by atoms with Crippen molar-refractivity contribution in [1.29, 1.82) is 0 Å². The standard InChI is InChI=1S/C16H10F3N5O2/c17-10-6-9(15-22-23-16(26-15)13(18)19)7-21-11(10)8-25-12-2-1-4-24-5-3-20-14(12)24/h1-7,13H,8H2. The molecule has 7 nitrogen and oxygen atoms in total. The first-order chi connectivity index (χ1) is 12.6. The normalized spacial score (nSPS) is 11.4. The summed E-state index contributed by atoms with van der Waals surface area (Å²) in [5, 5.41) is 6.65. The number of alkyl halides is 2. The molecule has 0 saturated carbocycles. The molecule has 0 aromatic carbocycles. The number of pyridine rings is 2. The van der Waals surface area contributed by atoms with Crippen LogP contribution in [0.25, 0.3) is 17.1 Å². The fraction of sp³-hybridized carbons (Fsp3) is 0.125. The highest BCUT2D eigenvalue weighted by Gasteiger charge is 2.18. The van der Waals surface area contributed by atoms with Gasteiger partial charge in [0.15, 0.2) is 11.4 Å². The largest absolute Gasteiger partial charge is 0.483 e. The molecule has 0 fully saturated rings. The summed E-state index contributed by atoms with van der Waals surface area (Å²) >= 11 is 0. The zero-order valence-corrected chi connectivity index (χ0v) is 13.0. The molecule has 0 aliphatic carbocycles. The Kier molecular flexibility index (Phi) is 3.99. The zero-order valence-electron chi connectivity index (χ0n) is 13.0. The lowest BCUT2D eigenvalue weighted by Crippen LogP contribution is -2.03. The van der Waals surface area contributed by atoms with E-state index in [1.54, 1.807) is 35.1 Å². The number of ether oxygens (including phenoxy) is 1. The summed E-state index contributed by atoms with van der Waals surface area (Å²) in [4.78, 5) is 8.11. The van der Waals surface area contributed by atoms with Gasteiger partial charge in [-0.25, -0.2) is 9.37 Å². The summed E-state index contributed by atoms with van der Waals surface area (Å²) in [7, 11) is 0. The molecule has 0 aliphatic rings. The molecule has 10 heteroatoms. The zero-order chi connectivity index (χ0) is 18.1. The van der Waals surface area contributed by atoms with Crippen molar-refractivity contribution >= 4 is 5.65 Å². The average molecular weight is 361 g/mol. The topological polar surface area (TPSA) is 78.3 Å². The number of hydrogen-bond acceptors (Lipinski definition) is 6. The first kappa shape index (κ1) is 16.1. The maximum atomic E-state index is 14.3. The molecule has 0 aliphatic heterocycles. The molecule has 26 heavy (non-hydrogen) atoms. The van der Waals surface area contributed by atoms with Crippen LogP contribution < -0.4 is 4.74 Å². The highest BCUT2D eigenvalue weighted by molar-refractivity contribution is 5.53. The van der Waals surface area contributed by atoms with Gasteiger partial charge in [-0.05, 0) is 18.2 Å². The van der Waals surface area contributed by atoms with Gasteiger partial charge in [0.25, 0.3) is 5.89 Å². The summed E-state index contributed by atoms with van der Waals surface area (Å²) in [5.74, 6) is -1.28. The van der Waals surface area contributed by atoms with Crippen molar-refractivity contribution in [1.82, 2.24) is 24.6 Å². The van der Waals surface area contributed by atoms with E-state index in [1.807, 2.05) is 0 Å². The van der Waals surface area contributed by atoms with E-state index in [2.05, 4.69) is 20.2 Å². The maximum absolute atomic E-state index is 14.3. The van der Waals surface area contributed by atoms with E-state index in [1.165, 1.54) is 6.20 Å². The average Bonchev–Trinajstić information content (AvgIpc) is 3.30. The number of fused-ring (bicyclic) bond motifs is 1. The number of imidazole rings is 1. The Morgan fingerprint density at radius 1 is 1.19 bits per heavy atom. The Balaban J connectivity index is 1.53. The number of aromatic nitrogens is 5. The lowest BCUT2D eigenvalue weighted by molar-refractivity contribution is 0.116. The van der Waals surface area contributed by atoms with Crippen LogP contribution in [0.3, 0.4) is 0 Å². The molecule has 132 valence electrons. The first-order valence-corrected chi connectivity index (χ1v) is 7.42. The molecule has 4 aromatic rings. The maximum Gasteiger partial charge on any atom is 0.314 e. The van der Waals surface area contributed by atoms with Gasteiger partial charge in [-0.1, -0.05) is 0 Å². The van der Waals surface area contributed by atoms with Crippen LogP contribution in [0.5, 0.6) is 5.75 Å². The molecule has 0 bridgehead atoms. The Hall–Kier alpha value is -3.43. The van der Waals surface area contributed by atoms with Crippen molar-refractivity contribution in [2.75, 3.05) is 0 Å². The van der Waals surface area contributed by atoms with E-state index in [4.69, 9.17) is 9.15 Å². The van der Waals surface area contributed by atoms with Crippen LogP contribution in [0.1, 0.15) is 18.0 Å². The van der Waals surface area contributed by atoms with Crippen molar-refractivity contribution in [3.63, 3.8) is 0 Å². The molecule has 4 heterocycles. The number of hydrogen-bond donors (Lipinski definition) is 0. The Labute approximate surface area is 144 Å². The summed E-state index contributed by atoms with van der Waals surface area (Å²) in [6.45, 7) is -0.134. The fourth-order valence-electron chi connectivity index (χ4n) is 2.31. The first-order valence-electron chi connectivity index (χ1n) is 7.42. The highest BCUT2D eigenvalue weighted by atomic mass is 19.3. The summed E-state index contributed by atoms with van der Waals surface area (Å²) in [5.41, 5.74) is 0.729. The monoisotopic (exact) mass is 361 g/mol. The van der Waals surface area contributed by atoms with E-state index in [0.717, 1.165) is 6.07 Å². The smallest absolute Gasteiger partial charge is 0.314 e. The second kappa shape index (κ2) is 6.47. The van der Waals surface area contributed by atoms with Crippen LogP contribution in [-0.4, -0.2) is 24.6 Å². The van der Waals surface area contributed by atoms with E-state index in [-0.39, 0.29) is 23.8 Å². The second-order valence-electron chi connectivity index (χ2n) is 5.22. The van der Waals surface area contributed by atoms with Gasteiger partial charge in [-0.2, -0.15) is 8.78 Å². The van der Waals surface area contributed by atoms with Crippen molar-refractivity contribution < 1.29 is 22.3 Å². The predicted molar refractivity (Wildman–Crippen MR) is 82.0 cm³/mol. The third-order valence-corrected chi connectivity index (χ3v) is 3.54. The summed E-state index contributed by atoms with van der Waals surface area (Å²) in [6.07, 6.45) is 3.54. The van der Waals surface area contributed by atoms with Gasteiger partial charge in [0.2, 0.25) is 5.89 Å². The molecule has 4 rings (SSSR count). The molecule has 0 spiro atoms. The van der Waals surface area contributed by atoms with E-state index in [9.17, 15) is 13.2 Å². The molecule has 0 radical (unpaired) electrons. The van der Waals surface area contributed by atoms with E-state index >= 15 is 0 Å². The highest BCUT2D eigenvalue weighted by Crippen LogP contribution is 2.24. The number of nitrogens with zero attached hydrogens (tertiary/aromatic N) is 5. The minimum atomic E-state index is -2.90. The van der Waals surface area contributed by atoms with E-state index in [0.29, 0.717) is 11.4 Å². The molecule has 0 saturated heterocycles. The van der Waals surface area contributed by atoms with Crippen LogP contribution in [-0.2, 0) is 6.61 Å². The van der Waals surface area contributed by atoms with Crippen LogP contribution >= 0.6 is 0 Å². The van der Waals surface area contributed by atoms with Crippen molar-refractivity contribution in [2.24, 2.45) is 0 Å². The number of rotatable bonds is 5. The van der Waals surface area contributed by atoms with Crippen LogP contribution in [0.2, 0.25) is 0 Å². The molecule has 4 aromatic heterocycles. The number of halogens is 3. The molecule has 0 amide bonds. The van der Waals surface area contributed by atoms with Crippen LogP contribution in [0.15, 0.2) is 47.4 Å².